The number of sulfone groups is 1. The van der Waals surface area contributed by atoms with Gasteiger partial charge < -0.3 is 10.6 Å². The third-order valence-corrected chi connectivity index (χ3v) is 5.69. The number of carbonyl (C=O) groups is 1. The van der Waals surface area contributed by atoms with Crippen LogP contribution in [-0.4, -0.2) is 54.9 Å². The fraction of sp³-hybridized carbons (Fsp3) is 0.875. The molecule has 0 radical (unpaired) electrons. The van der Waals surface area contributed by atoms with Crippen LogP contribution in [0.4, 0.5) is 0 Å². The van der Waals surface area contributed by atoms with Gasteiger partial charge in [-0.25, -0.2) is 8.42 Å². The predicted octanol–water partition coefficient (Wildman–Crippen LogP) is -0.719. The Kier molecular flexibility index (Phi) is 4.42. The van der Waals surface area contributed by atoms with Crippen molar-refractivity contribution in [3.63, 3.8) is 0 Å². The summed E-state index contributed by atoms with van der Waals surface area (Å²) < 4.78 is 23.5. The molecule has 1 heterocycles. The third-order valence-electron chi connectivity index (χ3n) is 2.40. The van der Waals surface area contributed by atoms with Crippen molar-refractivity contribution in [3.05, 3.63) is 0 Å². The Hall–Kier alpha value is -0.270. The smallest absolute Gasteiger partial charge is 0.237 e. The first-order valence-corrected chi connectivity index (χ1v) is 7.68. The summed E-state index contributed by atoms with van der Waals surface area (Å²) in [7, 11) is -3.20. The normalized spacial score (nSPS) is 22.8. The first kappa shape index (κ1) is 12.8. The van der Waals surface area contributed by atoms with Crippen LogP contribution in [0.25, 0.3) is 0 Å². The zero-order valence-corrected chi connectivity index (χ0v) is 10.3. The molecule has 1 saturated heterocycles. The average molecular weight is 252 g/mol. The van der Waals surface area contributed by atoms with Crippen LogP contribution in [0.3, 0.4) is 0 Å². The molecular formula is C8H16N2O3S2. The third kappa shape index (κ3) is 2.85. The number of nitrogens with zero attached hydrogens (tertiary/aromatic N) is 1. The number of hydrogen-bond donors (Lipinski definition) is 1. The van der Waals surface area contributed by atoms with Gasteiger partial charge >= 0.3 is 0 Å². The summed E-state index contributed by atoms with van der Waals surface area (Å²) in [6.45, 7) is 1.95. The van der Waals surface area contributed by atoms with Gasteiger partial charge in [0.05, 0.1) is 6.54 Å². The lowest BCUT2D eigenvalue weighted by Gasteiger charge is -2.34. The van der Waals surface area contributed by atoms with Crippen molar-refractivity contribution in [1.29, 1.82) is 0 Å². The Morgan fingerprint density at radius 3 is 2.80 bits per heavy atom. The molecule has 1 aliphatic heterocycles. The van der Waals surface area contributed by atoms with Gasteiger partial charge in [0.15, 0.2) is 9.84 Å². The van der Waals surface area contributed by atoms with Crippen molar-refractivity contribution >= 4 is 27.5 Å². The molecule has 7 heteroatoms. The fourth-order valence-electron chi connectivity index (χ4n) is 1.47. The van der Waals surface area contributed by atoms with Crippen LogP contribution in [0.2, 0.25) is 0 Å². The van der Waals surface area contributed by atoms with Crippen molar-refractivity contribution in [1.82, 2.24) is 4.90 Å². The van der Waals surface area contributed by atoms with Crippen LogP contribution >= 0.6 is 11.8 Å². The van der Waals surface area contributed by atoms with Gasteiger partial charge in [0.2, 0.25) is 5.91 Å². The molecular weight excluding hydrogens is 236 g/mol. The highest BCUT2D eigenvalue weighted by Gasteiger charge is 2.34. The molecule has 1 fully saturated rings. The van der Waals surface area contributed by atoms with E-state index in [0.717, 1.165) is 5.75 Å². The van der Waals surface area contributed by atoms with Gasteiger partial charge in [-0.15, -0.1) is 0 Å². The topological polar surface area (TPSA) is 80.5 Å². The van der Waals surface area contributed by atoms with Crippen LogP contribution in [0.1, 0.15) is 6.92 Å². The van der Waals surface area contributed by atoms with E-state index in [1.54, 1.807) is 18.7 Å². The van der Waals surface area contributed by atoms with E-state index < -0.39 is 15.2 Å². The Bertz CT molecular complexity index is 329. The lowest BCUT2D eigenvalue weighted by Crippen LogP contribution is -2.52. The van der Waals surface area contributed by atoms with Gasteiger partial charge in [0.1, 0.15) is 5.37 Å². The Morgan fingerprint density at radius 1 is 1.60 bits per heavy atom. The summed E-state index contributed by atoms with van der Waals surface area (Å²) in [5.41, 5.74) is 5.26. The first-order chi connectivity index (χ1) is 7.03. The molecule has 2 N–H and O–H groups in total. The van der Waals surface area contributed by atoms with E-state index in [4.69, 9.17) is 5.73 Å². The molecule has 0 aromatic heterocycles. The molecule has 0 saturated carbocycles. The van der Waals surface area contributed by atoms with Crippen LogP contribution in [0, 0.1) is 0 Å². The highest BCUT2D eigenvalue weighted by Crippen LogP contribution is 2.21. The minimum Gasteiger partial charge on any atom is -0.323 e. The van der Waals surface area contributed by atoms with Gasteiger partial charge in [-0.3, -0.25) is 4.79 Å². The standard InChI is InChI=1S/C8H16N2O3S2/c1-2-15(12,13)8-6-14-4-3-10(8)7(11)5-9/h8H,2-6,9H2,1H3. The highest BCUT2D eigenvalue weighted by atomic mass is 32.2. The van der Waals surface area contributed by atoms with E-state index in [9.17, 15) is 13.2 Å². The molecule has 1 rings (SSSR count). The van der Waals surface area contributed by atoms with E-state index >= 15 is 0 Å². The number of thioether (sulfide) groups is 1. The molecule has 0 aliphatic carbocycles. The van der Waals surface area contributed by atoms with Gasteiger partial charge in [0, 0.05) is 23.8 Å². The van der Waals surface area contributed by atoms with Gasteiger partial charge in [-0.05, 0) is 0 Å². The Balaban J connectivity index is 2.88. The number of nitrogens with two attached hydrogens (primary N) is 1. The van der Waals surface area contributed by atoms with Crippen molar-refractivity contribution in [2.24, 2.45) is 5.73 Å². The molecule has 1 atom stereocenters. The summed E-state index contributed by atoms with van der Waals surface area (Å²) in [6.07, 6.45) is 0. The van der Waals surface area contributed by atoms with Crippen molar-refractivity contribution in [2.75, 3.05) is 30.3 Å². The largest absolute Gasteiger partial charge is 0.323 e. The molecule has 1 unspecified atom stereocenters. The number of carbonyl (C=O) groups excluding carboxylic acids is 1. The van der Waals surface area contributed by atoms with Gasteiger partial charge in [-0.1, -0.05) is 6.92 Å². The summed E-state index contributed by atoms with van der Waals surface area (Å²) in [5, 5.41) is -0.683. The van der Waals surface area contributed by atoms with Crippen LogP contribution in [0.5, 0.6) is 0 Å². The second-order valence-corrected chi connectivity index (χ2v) is 6.87. The zero-order chi connectivity index (χ0) is 11.5. The predicted molar refractivity (Wildman–Crippen MR) is 61.3 cm³/mol. The molecule has 1 amide bonds. The Labute approximate surface area is 94.3 Å². The molecule has 0 aromatic carbocycles. The second kappa shape index (κ2) is 5.18. The molecule has 0 aromatic rings. The summed E-state index contributed by atoms with van der Waals surface area (Å²) in [6, 6.07) is 0. The minimum absolute atomic E-state index is 0.0621. The minimum atomic E-state index is -3.20. The quantitative estimate of drug-likeness (QED) is 0.717. The van der Waals surface area contributed by atoms with Crippen molar-refractivity contribution in [3.8, 4) is 0 Å². The van der Waals surface area contributed by atoms with Crippen LogP contribution in [-0.2, 0) is 14.6 Å². The van der Waals surface area contributed by atoms with Crippen molar-refractivity contribution < 1.29 is 13.2 Å². The molecule has 15 heavy (non-hydrogen) atoms. The fourth-order valence-corrected chi connectivity index (χ4v) is 4.46. The maximum Gasteiger partial charge on any atom is 0.237 e. The Morgan fingerprint density at radius 2 is 2.27 bits per heavy atom. The van der Waals surface area contributed by atoms with E-state index in [-0.39, 0.29) is 18.2 Å². The van der Waals surface area contributed by atoms with E-state index in [1.807, 2.05) is 0 Å². The van der Waals surface area contributed by atoms with Crippen molar-refractivity contribution in [2.45, 2.75) is 12.3 Å². The summed E-state index contributed by atoms with van der Waals surface area (Å²) in [4.78, 5) is 12.9. The maximum atomic E-state index is 11.7. The van der Waals surface area contributed by atoms with Crippen LogP contribution in [0.15, 0.2) is 0 Å². The van der Waals surface area contributed by atoms with Gasteiger partial charge in [0.25, 0.3) is 0 Å². The number of hydrogen-bond acceptors (Lipinski definition) is 5. The molecule has 0 spiro atoms. The molecule has 5 nitrogen and oxygen atoms in total. The van der Waals surface area contributed by atoms with E-state index in [0.29, 0.717) is 12.3 Å². The molecule has 88 valence electrons. The zero-order valence-electron chi connectivity index (χ0n) is 8.68. The first-order valence-electron chi connectivity index (χ1n) is 4.81. The SMILES string of the molecule is CCS(=O)(=O)C1CSCCN1C(=O)CN. The molecule has 1 aliphatic rings. The average Bonchev–Trinajstić information content (AvgIpc) is 2.28. The highest BCUT2D eigenvalue weighted by molar-refractivity contribution is 8.01. The number of rotatable bonds is 3. The monoisotopic (exact) mass is 252 g/mol. The van der Waals surface area contributed by atoms with E-state index in [2.05, 4.69) is 0 Å². The van der Waals surface area contributed by atoms with E-state index in [1.165, 1.54) is 4.90 Å². The number of amides is 1. The molecule has 0 bridgehead atoms. The lowest BCUT2D eigenvalue weighted by atomic mass is 10.4. The lowest BCUT2D eigenvalue weighted by molar-refractivity contribution is -0.130. The van der Waals surface area contributed by atoms with Crippen LogP contribution < -0.4 is 5.73 Å². The summed E-state index contributed by atoms with van der Waals surface area (Å²) >= 11 is 1.56. The summed E-state index contributed by atoms with van der Waals surface area (Å²) in [5.74, 6) is 1.02. The maximum absolute atomic E-state index is 11.7. The second-order valence-electron chi connectivity index (χ2n) is 3.27. The van der Waals surface area contributed by atoms with Gasteiger partial charge in [-0.2, -0.15) is 11.8 Å².